The van der Waals surface area contributed by atoms with Gasteiger partial charge in [0, 0.05) is 40.3 Å². The molecular formula is C16H35IN4O. The maximum absolute atomic E-state index is 5.08. The Morgan fingerprint density at radius 1 is 1.23 bits per heavy atom. The Morgan fingerprint density at radius 2 is 1.91 bits per heavy atom. The summed E-state index contributed by atoms with van der Waals surface area (Å²) in [7, 11) is 5.70. The molecule has 0 bridgehead atoms. The van der Waals surface area contributed by atoms with Crippen molar-refractivity contribution in [3.8, 4) is 0 Å². The number of halogens is 1. The van der Waals surface area contributed by atoms with Gasteiger partial charge in [-0.1, -0.05) is 19.8 Å². The van der Waals surface area contributed by atoms with Gasteiger partial charge in [-0.05, 0) is 31.7 Å². The molecule has 6 heteroatoms. The number of rotatable bonds is 9. The van der Waals surface area contributed by atoms with Crippen LogP contribution in [0.15, 0.2) is 4.99 Å². The normalized spacial score (nSPS) is 17.4. The van der Waals surface area contributed by atoms with Crippen molar-refractivity contribution in [3.05, 3.63) is 0 Å². The lowest BCUT2D eigenvalue weighted by Crippen LogP contribution is -2.45. The first-order valence-corrected chi connectivity index (χ1v) is 8.28. The van der Waals surface area contributed by atoms with Crippen LogP contribution in [-0.2, 0) is 4.74 Å². The third-order valence-corrected chi connectivity index (χ3v) is 4.73. The molecule has 22 heavy (non-hydrogen) atoms. The van der Waals surface area contributed by atoms with E-state index in [1.54, 1.807) is 7.11 Å². The number of nitrogens with one attached hydrogen (secondary N) is 2. The Labute approximate surface area is 153 Å². The lowest BCUT2D eigenvalue weighted by molar-refractivity contribution is 0.162. The highest BCUT2D eigenvalue weighted by Gasteiger charge is 2.31. The van der Waals surface area contributed by atoms with Gasteiger partial charge in [0.25, 0.3) is 0 Å². The second-order valence-corrected chi connectivity index (χ2v) is 6.21. The predicted molar refractivity (Wildman–Crippen MR) is 105 cm³/mol. The molecule has 2 N–H and O–H groups in total. The third kappa shape index (κ3) is 7.97. The van der Waals surface area contributed by atoms with Crippen LogP contribution in [0.5, 0.6) is 0 Å². The molecule has 0 atom stereocenters. The summed E-state index contributed by atoms with van der Waals surface area (Å²) in [6.07, 6.45) is 6.73. The summed E-state index contributed by atoms with van der Waals surface area (Å²) in [5, 5.41) is 6.91. The average molecular weight is 426 g/mol. The Morgan fingerprint density at radius 3 is 2.45 bits per heavy atom. The minimum atomic E-state index is 0. The number of hydrogen-bond donors (Lipinski definition) is 2. The molecule has 1 aliphatic rings. The quantitative estimate of drug-likeness (QED) is 0.338. The van der Waals surface area contributed by atoms with E-state index in [9.17, 15) is 0 Å². The van der Waals surface area contributed by atoms with Gasteiger partial charge in [0.05, 0.1) is 6.61 Å². The molecule has 0 heterocycles. The van der Waals surface area contributed by atoms with Gasteiger partial charge in [-0.3, -0.25) is 4.99 Å². The summed E-state index contributed by atoms with van der Waals surface area (Å²) < 4.78 is 5.08. The van der Waals surface area contributed by atoms with Gasteiger partial charge < -0.3 is 20.3 Å². The lowest BCUT2D eigenvalue weighted by Gasteiger charge is -2.28. The van der Waals surface area contributed by atoms with Gasteiger partial charge in [-0.25, -0.2) is 0 Å². The third-order valence-electron chi connectivity index (χ3n) is 4.73. The van der Waals surface area contributed by atoms with Crippen LogP contribution in [-0.4, -0.2) is 64.9 Å². The predicted octanol–water partition coefficient (Wildman–Crippen LogP) is 2.32. The Hall–Kier alpha value is -0.0800. The van der Waals surface area contributed by atoms with E-state index >= 15 is 0 Å². The first-order valence-electron chi connectivity index (χ1n) is 8.28. The smallest absolute Gasteiger partial charge is 0.191 e. The first-order chi connectivity index (χ1) is 10.2. The van der Waals surface area contributed by atoms with Crippen LogP contribution in [0.3, 0.4) is 0 Å². The summed E-state index contributed by atoms with van der Waals surface area (Å²) in [5.41, 5.74) is 0.493. The monoisotopic (exact) mass is 426 g/mol. The van der Waals surface area contributed by atoms with Gasteiger partial charge >= 0.3 is 0 Å². The molecule has 0 radical (unpaired) electrons. The zero-order chi connectivity index (χ0) is 15.6. The zero-order valence-electron chi connectivity index (χ0n) is 14.8. The molecule has 0 aromatic heterocycles. The number of methoxy groups -OCH3 is 1. The van der Waals surface area contributed by atoms with Gasteiger partial charge in [-0.15, -0.1) is 24.0 Å². The molecule has 132 valence electrons. The van der Waals surface area contributed by atoms with Crippen LogP contribution in [0, 0.1) is 5.41 Å². The molecule has 5 nitrogen and oxygen atoms in total. The number of nitrogens with zero attached hydrogens (tertiary/aromatic N) is 2. The molecule has 1 rings (SSSR count). The fourth-order valence-corrected chi connectivity index (χ4v) is 3.00. The molecular weight excluding hydrogens is 391 g/mol. The Balaban J connectivity index is 0.00000441. The largest absolute Gasteiger partial charge is 0.383 e. The van der Waals surface area contributed by atoms with E-state index in [4.69, 9.17) is 4.74 Å². The van der Waals surface area contributed by atoms with Crippen molar-refractivity contribution in [2.75, 3.05) is 54.0 Å². The average Bonchev–Trinajstić information content (AvgIpc) is 2.98. The number of aliphatic imine (C=N–C) groups is 1. The van der Waals surface area contributed by atoms with Crippen LogP contribution in [0.2, 0.25) is 0 Å². The van der Waals surface area contributed by atoms with Crippen LogP contribution >= 0.6 is 24.0 Å². The van der Waals surface area contributed by atoms with E-state index in [1.165, 1.54) is 32.1 Å². The van der Waals surface area contributed by atoms with Crippen molar-refractivity contribution in [1.82, 2.24) is 15.5 Å². The van der Waals surface area contributed by atoms with Crippen molar-refractivity contribution in [3.63, 3.8) is 0 Å². The summed E-state index contributed by atoms with van der Waals surface area (Å²) in [6, 6.07) is 0. The minimum absolute atomic E-state index is 0. The van der Waals surface area contributed by atoms with Crippen LogP contribution < -0.4 is 10.6 Å². The highest BCUT2D eigenvalue weighted by atomic mass is 127. The Bertz CT molecular complexity index is 307. The molecule has 0 aliphatic heterocycles. The fourth-order valence-electron chi connectivity index (χ4n) is 3.00. The van der Waals surface area contributed by atoms with E-state index in [1.807, 2.05) is 7.05 Å². The molecule has 0 aromatic carbocycles. The zero-order valence-corrected chi connectivity index (χ0v) is 17.1. The SMILES string of the molecule is CCC1(CNC(=NC)NCCN(C)CCOC)CCCC1.I. The van der Waals surface area contributed by atoms with Crippen LogP contribution in [0.1, 0.15) is 39.0 Å². The lowest BCUT2D eigenvalue weighted by atomic mass is 9.83. The van der Waals surface area contributed by atoms with E-state index in [2.05, 4.69) is 34.5 Å². The highest BCUT2D eigenvalue weighted by molar-refractivity contribution is 14.0. The summed E-state index contributed by atoms with van der Waals surface area (Å²) in [4.78, 5) is 6.58. The maximum Gasteiger partial charge on any atom is 0.191 e. The van der Waals surface area contributed by atoms with Crippen molar-refractivity contribution in [2.24, 2.45) is 10.4 Å². The fraction of sp³-hybridized carbons (Fsp3) is 0.938. The number of hydrogen-bond acceptors (Lipinski definition) is 3. The summed E-state index contributed by atoms with van der Waals surface area (Å²) in [5.74, 6) is 0.926. The second-order valence-electron chi connectivity index (χ2n) is 6.21. The number of guanidine groups is 1. The number of ether oxygens (including phenoxy) is 1. The van der Waals surface area contributed by atoms with E-state index in [-0.39, 0.29) is 24.0 Å². The molecule has 0 amide bonds. The van der Waals surface area contributed by atoms with E-state index in [0.717, 1.165) is 38.7 Å². The highest BCUT2D eigenvalue weighted by Crippen LogP contribution is 2.40. The molecule has 0 spiro atoms. The maximum atomic E-state index is 5.08. The topological polar surface area (TPSA) is 48.9 Å². The molecule has 0 saturated heterocycles. The summed E-state index contributed by atoms with van der Waals surface area (Å²) >= 11 is 0. The van der Waals surface area contributed by atoms with Crippen molar-refractivity contribution >= 4 is 29.9 Å². The van der Waals surface area contributed by atoms with Crippen LogP contribution in [0.25, 0.3) is 0 Å². The first kappa shape index (κ1) is 21.9. The molecule has 1 saturated carbocycles. The molecule has 0 aromatic rings. The van der Waals surface area contributed by atoms with Gasteiger partial charge in [0.15, 0.2) is 5.96 Å². The van der Waals surface area contributed by atoms with Crippen molar-refractivity contribution in [1.29, 1.82) is 0 Å². The Kier molecular flexibility index (Phi) is 12.3. The van der Waals surface area contributed by atoms with Gasteiger partial charge in [0.1, 0.15) is 0 Å². The summed E-state index contributed by atoms with van der Waals surface area (Å²) in [6.45, 7) is 6.99. The standard InChI is InChI=1S/C16H34N4O.HI/c1-5-16(8-6-7-9-16)14-19-15(17-2)18-10-11-20(3)12-13-21-4;/h5-14H2,1-4H3,(H2,17,18,19);1H. The van der Waals surface area contributed by atoms with Gasteiger partial charge in [0.2, 0.25) is 0 Å². The number of likely N-dealkylation sites (N-methyl/N-ethyl adjacent to an activating group) is 1. The van der Waals surface area contributed by atoms with E-state index < -0.39 is 0 Å². The van der Waals surface area contributed by atoms with E-state index in [0.29, 0.717) is 5.41 Å². The molecule has 1 aliphatic carbocycles. The van der Waals surface area contributed by atoms with Crippen molar-refractivity contribution in [2.45, 2.75) is 39.0 Å². The van der Waals surface area contributed by atoms with Crippen molar-refractivity contribution < 1.29 is 4.74 Å². The second kappa shape index (κ2) is 12.4. The minimum Gasteiger partial charge on any atom is -0.383 e. The molecule has 0 unspecified atom stereocenters. The van der Waals surface area contributed by atoms with Gasteiger partial charge in [-0.2, -0.15) is 0 Å². The molecule has 1 fully saturated rings. The van der Waals surface area contributed by atoms with Crippen LogP contribution in [0.4, 0.5) is 0 Å².